The van der Waals surface area contributed by atoms with Gasteiger partial charge in [0.15, 0.2) is 0 Å². The molecule has 0 heterocycles. The number of hydrogen-bond donors (Lipinski definition) is 0. The minimum Gasteiger partial charge on any atom is -1.00 e. The van der Waals surface area contributed by atoms with Crippen molar-refractivity contribution < 1.29 is 26.1 Å². The molecule has 0 spiro atoms. The van der Waals surface area contributed by atoms with Crippen LogP contribution in [-0.4, -0.2) is 0 Å². The van der Waals surface area contributed by atoms with Crippen LogP contribution in [0.5, 0.6) is 0 Å². The van der Waals surface area contributed by atoms with E-state index in [0.29, 0.717) is 0 Å². The molecule has 0 aromatic rings. The predicted molar refractivity (Wildman–Crippen MR) is 78.9 cm³/mol. The maximum absolute atomic E-state index is 2.48. The Morgan fingerprint density at radius 1 is 0.789 bits per heavy atom. The van der Waals surface area contributed by atoms with Crippen molar-refractivity contribution in [3.63, 3.8) is 0 Å². The van der Waals surface area contributed by atoms with Gasteiger partial charge in [-0.25, -0.2) is 0 Å². The SMILES string of the molecule is C1=CCC2CC[CH]([Zr+2][CH]3CCC4CC=CC=C43)C2=C1.[H-].[H-]. The van der Waals surface area contributed by atoms with E-state index < -0.39 is 0 Å². The van der Waals surface area contributed by atoms with E-state index in [2.05, 4.69) is 36.5 Å². The maximum atomic E-state index is 2.48. The van der Waals surface area contributed by atoms with Crippen LogP contribution in [0.15, 0.2) is 47.6 Å². The largest absolute Gasteiger partial charge is 1.00 e. The first-order valence-electron chi connectivity index (χ1n) is 7.91. The fourth-order valence-corrected chi connectivity index (χ4v) is 9.84. The molecule has 100 valence electrons. The van der Waals surface area contributed by atoms with Crippen LogP contribution in [0.1, 0.15) is 41.4 Å². The van der Waals surface area contributed by atoms with E-state index in [0.717, 1.165) is 19.1 Å². The number of allylic oxidation sites excluding steroid dienone is 8. The Morgan fingerprint density at radius 2 is 1.32 bits per heavy atom. The first-order chi connectivity index (χ1) is 9.42. The van der Waals surface area contributed by atoms with Crippen molar-refractivity contribution in [1.29, 1.82) is 0 Å². The smallest absolute Gasteiger partial charge is 1.00 e. The van der Waals surface area contributed by atoms with Gasteiger partial charge in [-0.2, -0.15) is 0 Å². The van der Waals surface area contributed by atoms with E-state index in [4.69, 9.17) is 0 Å². The molecule has 19 heavy (non-hydrogen) atoms. The molecule has 0 nitrogen and oxygen atoms in total. The second-order valence-corrected chi connectivity index (χ2v) is 10.7. The molecule has 0 radical (unpaired) electrons. The third-order valence-electron chi connectivity index (χ3n) is 5.45. The van der Waals surface area contributed by atoms with Crippen molar-refractivity contribution in [2.24, 2.45) is 11.8 Å². The van der Waals surface area contributed by atoms with E-state index in [1.165, 1.54) is 38.5 Å². The van der Waals surface area contributed by atoms with Crippen molar-refractivity contribution in [3.8, 4) is 0 Å². The van der Waals surface area contributed by atoms with Gasteiger partial charge in [0.05, 0.1) is 0 Å². The van der Waals surface area contributed by atoms with Crippen LogP contribution in [0, 0.1) is 11.8 Å². The molecule has 4 aliphatic rings. The molecule has 1 heteroatoms. The van der Waals surface area contributed by atoms with Gasteiger partial charge < -0.3 is 2.85 Å². The molecule has 0 amide bonds. The minimum atomic E-state index is -0.287. The van der Waals surface area contributed by atoms with E-state index in [1.54, 1.807) is 0 Å². The van der Waals surface area contributed by atoms with Crippen LogP contribution >= 0.6 is 0 Å². The first kappa shape index (κ1) is 12.6. The molecule has 0 N–H and O–H groups in total. The van der Waals surface area contributed by atoms with E-state index in [1.807, 2.05) is 11.1 Å². The summed E-state index contributed by atoms with van der Waals surface area (Å²) in [4.78, 5) is 0. The molecule has 2 fully saturated rings. The Morgan fingerprint density at radius 3 is 1.84 bits per heavy atom. The predicted octanol–water partition coefficient (Wildman–Crippen LogP) is 5.46. The Kier molecular flexibility index (Phi) is 3.52. The summed E-state index contributed by atoms with van der Waals surface area (Å²) in [7, 11) is 0. The zero-order valence-electron chi connectivity index (χ0n) is 13.5. The average molecular weight is 332 g/mol. The van der Waals surface area contributed by atoms with Gasteiger partial charge in [-0.15, -0.1) is 0 Å². The number of rotatable bonds is 2. The van der Waals surface area contributed by atoms with Crippen LogP contribution in [0.2, 0.25) is 7.25 Å². The summed E-state index contributed by atoms with van der Waals surface area (Å²) in [5, 5.41) is 0. The molecular formula is C18H24Zr. The fourth-order valence-electron chi connectivity index (χ4n) is 4.43. The third kappa shape index (κ3) is 2.33. The van der Waals surface area contributed by atoms with Crippen LogP contribution < -0.4 is 0 Å². The van der Waals surface area contributed by atoms with Gasteiger partial charge >= 0.3 is 128 Å². The summed E-state index contributed by atoms with van der Waals surface area (Å²) in [6.07, 6.45) is 23.0. The molecule has 0 saturated heterocycles. The summed E-state index contributed by atoms with van der Waals surface area (Å²) < 4.78 is 2.13. The monoisotopic (exact) mass is 330 g/mol. The Hall–Kier alpha value is -0.157. The summed E-state index contributed by atoms with van der Waals surface area (Å²) in [6.45, 7) is 0. The molecule has 4 unspecified atom stereocenters. The van der Waals surface area contributed by atoms with E-state index in [9.17, 15) is 0 Å². The molecule has 4 atom stereocenters. The average Bonchev–Trinajstić information content (AvgIpc) is 3.05. The van der Waals surface area contributed by atoms with Gasteiger partial charge in [0.1, 0.15) is 0 Å². The first-order valence-corrected chi connectivity index (χ1v) is 10.7. The van der Waals surface area contributed by atoms with Gasteiger partial charge in [-0.1, -0.05) is 0 Å². The molecular weight excluding hydrogens is 307 g/mol. The summed E-state index contributed by atoms with van der Waals surface area (Å²) in [5.74, 6) is 1.88. The maximum Gasteiger partial charge on any atom is -1.00 e. The quantitative estimate of drug-likeness (QED) is 0.630. The molecule has 2 saturated carbocycles. The van der Waals surface area contributed by atoms with E-state index in [-0.39, 0.29) is 26.1 Å². The summed E-state index contributed by atoms with van der Waals surface area (Å²) in [5.41, 5.74) is 3.73. The van der Waals surface area contributed by atoms with Gasteiger partial charge in [0, 0.05) is 0 Å². The third-order valence-corrected chi connectivity index (χ3v) is 10.5. The van der Waals surface area contributed by atoms with Gasteiger partial charge in [-0.3, -0.25) is 0 Å². The van der Waals surface area contributed by atoms with Gasteiger partial charge in [-0.05, 0) is 0 Å². The van der Waals surface area contributed by atoms with Crippen molar-refractivity contribution in [2.45, 2.75) is 45.8 Å². The Balaban J connectivity index is 0.000000807. The summed E-state index contributed by atoms with van der Waals surface area (Å²) in [6, 6.07) is 0. The second kappa shape index (κ2) is 5.32. The fraction of sp³-hybridized carbons (Fsp3) is 0.556. The van der Waals surface area contributed by atoms with E-state index >= 15 is 0 Å². The molecule has 0 aromatic carbocycles. The molecule has 4 rings (SSSR count). The van der Waals surface area contributed by atoms with Crippen LogP contribution in [0.4, 0.5) is 0 Å². The summed E-state index contributed by atoms with van der Waals surface area (Å²) >= 11 is -0.287. The van der Waals surface area contributed by atoms with Gasteiger partial charge in [0.2, 0.25) is 0 Å². The number of hydrogen-bond acceptors (Lipinski definition) is 0. The Bertz CT molecular complexity index is 445. The second-order valence-electron chi connectivity index (χ2n) is 6.48. The van der Waals surface area contributed by atoms with Crippen molar-refractivity contribution >= 4 is 0 Å². The van der Waals surface area contributed by atoms with Crippen LogP contribution in [-0.2, 0) is 23.2 Å². The molecule has 0 aromatic heterocycles. The zero-order valence-corrected chi connectivity index (χ0v) is 14.0. The molecule has 0 aliphatic heterocycles. The molecule has 0 bridgehead atoms. The standard InChI is InChI=1S/2C9H11.Zr.2H/c2*1-2-5-9-7-3-6-8(9)4-1;;;/h2*1-2,4,6,9H,3,5,7H2;;;/q;;+2;2*-1. The normalized spacial score (nSPS) is 39.4. The topological polar surface area (TPSA) is 0 Å². The van der Waals surface area contributed by atoms with Crippen molar-refractivity contribution in [1.82, 2.24) is 0 Å². The molecule has 4 aliphatic carbocycles. The van der Waals surface area contributed by atoms with Crippen LogP contribution in [0.25, 0.3) is 0 Å². The van der Waals surface area contributed by atoms with Crippen molar-refractivity contribution in [3.05, 3.63) is 47.6 Å². The van der Waals surface area contributed by atoms with Gasteiger partial charge in [0.25, 0.3) is 0 Å². The minimum absolute atomic E-state index is 0. The Labute approximate surface area is 131 Å². The zero-order chi connectivity index (χ0) is 12.7. The van der Waals surface area contributed by atoms with Crippen LogP contribution in [0.3, 0.4) is 0 Å². The number of fused-ring (bicyclic) bond motifs is 2. The van der Waals surface area contributed by atoms with Crippen molar-refractivity contribution in [2.75, 3.05) is 0 Å².